The summed E-state index contributed by atoms with van der Waals surface area (Å²) in [5, 5.41) is 19.6. The van der Waals surface area contributed by atoms with E-state index >= 15 is 0 Å². The van der Waals surface area contributed by atoms with Crippen LogP contribution in [0.4, 0.5) is 0 Å². The number of ether oxygens (including phenoxy) is 2. The normalized spacial score (nSPS) is 13.5. The summed E-state index contributed by atoms with van der Waals surface area (Å²) >= 11 is 0. The second kappa shape index (κ2) is 30.5. The molecule has 0 radical (unpaired) electrons. The fourth-order valence-corrected chi connectivity index (χ4v) is 4.57. The molecule has 0 rings (SSSR count). The van der Waals surface area contributed by atoms with E-state index in [0.29, 0.717) is 19.3 Å². The lowest BCUT2D eigenvalue weighted by molar-refractivity contribution is -0.161. The molecule has 2 N–H and O–H groups in total. The van der Waals surface area contributed by atoms with Crippen LogP contribution in [0.5, 0.6) is 0 Å². The van der Waals surface area contributed by atoms with E-state index < -0.39 is 24.8 Å². The van der Waals surface area contributed by atoms with Crippen molar-refractivity contribution < 1.29 is 29.3 Å². The third-order valence-corrected chi connectivity index (χ3v) is 7.22. The maximum absolute atomic E-state index is 12.1. The molecule has 0 saturated carbocycles. The second-order valence-electron chi connectivity index (χ2n) is 11.9. The molecule has 6 nitrogen and oxygen atoms in total. The number of carbonyl (C=O) groups excluding carboxylic acids is 2. The summed E-state index contributed by atoms with van der Waals surface area (Å²) in [5.41, 5.74) is 0. The van der Waals surface area contributed by atoms with Crippen LogP contribution in [-0.2, 0) is 19.1 Å². The van der Waals surface area contributed by atoms with E-state index in [-0.39, 0.29) is 19.0 Å². The minimum Gasteiger partial charge on any atom is -0.462 e. The molecule has 42 heavy (non-hydrogen) atoms. The highest BCUT2D eigenvalue weighted by molar-refractivity contribution is 5.70. The minimum absolute atomic E-state index is 0.131. The number of aliphatic hydroxyl groups excluding tert-OH is 2. The van der Waals surface area contributed by atoms with Crippen molar-refractivity contribution in [2.45, 2.75) is 161 Å². The van der Waals surface area contributed by atoms with Crippen molar-refractivity contribution in [3.05, 3.63) is 36.5 Å². The number of allylic oxidation sites excluding steroid dienone is 5. The third-order valence-electron chi connectivity index (χ3n) is 7.22. The molecule has 0 aromatic carbocycles. The van der Waals surface area contributed by atoms with Crippen molar-refractivity contribution in [3.63, 3.8) is 0 Å². The lowest BCUT2D eigenvalue weighted by Crippen LogP contribution is -2.28. The average molecular weight is 593 g/mol. The Morgan fingerprint density at radius 1 is 0.714 bits per heavy atom. The second-order valence-corrected chi connectivity index (χ2v) is 11.9. The van der Waals surface area contributed by atoms with Crippen LogP contribution in [0.3, 0.4) is 0 Å². The molecule has 0 aliphatic rings. The summed E-state index contributed by atoms with van der Waals surface area (Å²) < 4.78 is 10.4. The molecule has 0 aliphatic heterocycles. The van der Waals surface area contributed by atoms with E-state index in [0.717, 1.165) is 38.0 Å². The molecule has 0 heterocycles. The van der Waals surface area contributed by atoms with Crippen molar-refractivity contribution in [2.24, 2.45) is 5.92 Å². The fraction of sp³-hybridized carbons (Fsp3) is 0.778. The Hall–Kier alpha value is -1.92. The Kier molecular flexibility index (Phi) is 29.1. The molecule has 1 unspecified atom stereocenters. The van der Waals surface area contributed by atoms with Crippen LogP contribution in [0.25, 0.3) is 0 Å². The fourth-order valence-electron chi connectivity index (χ4n) is 4.57. The van der Waals surface area contributed by atoms with Crippen LogP contribution < -0.4 is 0 Å². The van der Waals surface area contributed by atoms with Gasteiger partial charge in [0, 0.05) is 12.8 Å². The van der Waals surface area contributed by atoms with E-state index in [9.17, 15) is 19.8 Å². The zero-order chi connectivity index (χ0) is 31.1. The first-order valence-corrected chi connectivity index (χ1v) is 17.0. The molecule has 0 aromatic heterocycles. The van der Waals surface area contributed by atoms with Crippen molar-refractivity contribution in [1.82, 2.24) is 0 Å². The molecule has 0 aliphatic carbocycles. The van der Waals surface area contributed by atoms with Gasteiger partial charge >= 0.3 is 11.9 Å². The Morgan fingerprint density at radius 3 is 2.05 bits per heavy atom. The van der Waals surface area contributed by atoms with Gasteiger partial charge in [-0.25, -0.2) is 0 Å². The largest absolute Gasteiger partial charge is 0.462 e. The first kappa shape index (κ1) is 40.1. The summed E-state index contributed by atoms with van der Waals surface area (Å²) in [6.07, 6.45) is 31.0. The van der Waals surface area contributed by atoms with Crippen molar-refractivity contribution in [3.8, 4) is 0 Å². The average Bonchev–Trinajstić information content (AvgIpc) is 2.96. The van der Waals surface area contributed by atoms with Crippen LogP contribution in [0.2, 0.25) is 0 Å². The standard InChI is InChI=1S/C36H64O6/c1-4-5-6-7-8-9-10-11-12-13-16-19-22-26-33(38)27-24-29-36(40)42-34(30-37)31-41-35(39)28-23-20-17-14-15-18-21-25-32(2)3/h11-12,16,19,22,26,32-34,37-38H,4-10,13-15,17-18,20-21,23-25,27-31H2,1-3H3/b12-11+,19-16+,26-22+/t33?,34-/m0/s1. The highest BCUT2D eigenvalue weighted by atomic mass is 16.6. The molecular formula is C36H64O6. The van der Waals surface area contributed by atoms with Crippen LogP contribution in [0, 0.1) is 5.92 Å². The topological polar surface area (TPSA) is 93.1 Å². The van der Waals surface area contributed by atoms with E-state index in [1.54, 1.807) is 6.08 Å². The van der Waals surface area contributed by atoms with E-state index in [1.807, 2.05) is 12.2 Å². The monoisotopic (exact) mass is 592 g/mol. The van der Waals surface area contributed by atoms with Crippen LogP contribution in [0.1, 0.15) is 149 Å². The predicted octanol–water partition coefficient (Wildman–Crippen LogP) is 8.94. The van der Waals surface area contributed by atoms with Crippen LogP contribution in [-0.4, -0.2) is 47.6 Å². The van der Waals surface area contributed by atoms with E-state index in [4.69, 9.17) is 9.47 Å². The van der Waals surface area contributed by atoms with Gasteiger partial charge in [0.15, 0.2) is 6.10 Å². The molecule has 0 spiro atoms. The minimum atomic E-state index is -0.859. The van der Waals surface area contributed by atoms with Gasteiger partial charge in [0.25, 0.3) is 0 Å². The summed E-state index contributed by atoms with van der Waals surface area (Å²) in [6, 6.07) is 0. The number of esters is 2. The number of unbranched alkanes of at least 4 members (excludes halogenated alkanes) is 12. The molecule has 2 atom stereocenters. The molecule has 0 amide bonds. The summed E-state index contributed by atoms with van der Waals surface area (Å²) in [6.45, 7) is 6.22. The molecular weight excluding hydrogens is 528 g/mol. The van der Waals surface area contributed by atoms with Gasteiger partial charge < -0.3 is 19.7 Å². The lowest BCUT2D eigenvalue weighted by Gasteiger charge is -2.16. The van der Waals surface area contributed by atoms with E-state index in [2.05, 4.69) is 39.0 Å². The van der Waals surface area contributed by atoms with Gasteiger partial charge in [0.05, 0.1) is 12.7 Å². The number of hydrogen-bond donors (Lipinski definition) is 2. The Balaban J connectivity index is 3.82. The molecule has 0 aromatic rings. The molecule has 0 bridgehead atoms. The van der Waals surface area contributed by atoms with Crippen LogP contribution >= 0.6 is 0 Å². The Labute approximate surface area is 258 Å². The first-order chi connectivity index (χ1) is 20.4. The number of carbonyl (C=O) groups is 2. The van der Waals surface area contributed by atoms with Gasteiger partial charge in [0.1, 0.15) is 6.61 Å². The van der Waals surface area contributed by atoms with Crippen molar-refractivity contribution in [2.75, 3.05) is 13.2 Å². The van der Waals surface area contributed by atoms with Gasteiger partial charge in [0.2, 0.25) is 0 Å². The van der Waals surface area contributed by atoms with Gasteiger partial charge in [-0.2, -0.15) is 0 Å². The highest BCUT2D eigenvalue weighted by Crippen LogP contribution is 2.13. The van der Waals surface area contributed by atoms with Crippen molar-refractivity contribution >= 4 is 11.9 Å². The smallest absolute Gasteiger partial charge is 0.306 e. The van der Waals surface area contributed by atoms with E-state index in [1.165, 1.54) is 70.6 Å². The van der Waals surface area contributed by atoms with Crippen molar-refractivity contribution in [1.29, 1.82) is 0 Å². The lowest BCUT2D eigenvalue weighted by atomic mass is 10.0. The van der Waals surface area contributed by atoms with Gasteiger partial charge in [-0.15, -0.1) is 0 Å². The summed E-state index contributed by atoms with van der Waals surface area (Å²) in [4.78, 5) is 24.1. The zero-order valence-electron chi connectivity index (χ0n) is 27.3. The zero-order valence-corrected chi connectivity index (χ0v) is 27.3. The maximum Gasteiger partial charge on any atom is 0.306 e. The maximum atomic E-state index is 12.1. The van der Waals surface area contributed by atoms with Gasteiger partial charge in [-0.1, -0.05) is 134 Å². The third kappa shape index (κ3) is 29.6. The Morgan fingerprint density at radius 2 is 1.36 bits per heavy atom. The van der Waals surface area contributed by atoms with Gasteiger partial charge in [-0.3, -0.25) is 9.59 Å². The predicted molar refractivity (Wildman–Crippen MR) is 174 cm³/mol. The number of rotatable bonds is 29. The Bertz CT molecular complexity index is 712. The quantitative estimate of drug-likeness (QED) is 0.0390. The molecule has 0 fully saturated rings. The summed E-state index contributed by atoms with van der Waals surface area (Å²) in [5.74, 6) is -0.0152. The molecule has 0 saturated heterocycles. The summed E-state index contributed by atoms with van der Waals surface area (Å²) in [7, 11) is 0. The van der Waals surface area contributed by atoms with Crippen LogP contribution in [0.15, 0.2) is 36.5 Å². The number of aliphatic hydroxyl groups is 2. The van der Waals surface area contributed by atoms with Gasteiger partial charge in [-0.05, 0) is 44.4 Å². The molecule has 244 valence electrons. The first-order valence-electron chi connectivity index (χ1n) is 17.0. The molecule has 6 heteroatoms. The SMILES string of the molecule is CCCCCCCC/C=C/C/C=C/C=C/C(O)CCCC(=O)O[C@@H](CO)COC(=O)CCCCCCCCCC(C)C. The highest BCUT2D eigenvalue weighted by Gasteiger charge is 2.16. The number of hydrogen-bond acceptors (Lipinski definition) is 6.